The quantitative estimate of drug-likeness (QED) is 0.564. The highest BCUT2D eigenvalue weighted by Crippen LogP contribution is 2.21. The third-order valence-corrected chi connectivity index (χ3v) is 5.16. The summed E-state index contributed by atoms with van der Waals surface area (Å²) in [6, 6.07) is 2.53. The first-order valence-electron chi connectivity index (χ1n) is 5.79. The van der Waals surface area contributed by atoms with E-state index < -0.39 is 16.1 Å². The molecule has 2 aromatic rings. The van der Waals surface area contributed by atoms with Crippen molar-refractivity contribution in [1.82, 2.24) is 14.7 Å². The van der Waals surface area contributed by atoms with E-state index in [1.54, 1.807) is 13.1 Å². The van der Waals surface area contributed by atoms with Gasteiger partial charge in [-0.3, -0.25) is 0 Å². The lowest BCUT2D eigenvalue weighted by Gasteiger charge is -2.12. The molecule has 4 N–H and O–H groups in total. The van der Waals surface area contributed by atoms with Crippen LogP contribution < -0.4 is 16.0 Å². The number of hydrogen-bond donors (Lipinski definition) is 3. The number of nitrogens with one attached hydrogen (secondary N) is 2. The Bertz CT molecular complexity index is 681. The van der Waals surface area contributed by atoms with Gasteiger partial charge in [0.25, 0.3) is 0 Å². The fraction of sp³-hybridized carbons (Fsp3) is 0.273. The van der Waals surface area contributed by atoms with Gasteiger partial charge >= 0.3 is 0 Å². The molecule has 0 amide bonds. The van der Waals surface area contributed by atoms with Crippen LogP contribution in [-0.4, -0.2) is 18.4 Å². The molecule has 0 aliphatic heterocycles. The van der Waals surface area contributed by atoms with Crippen LogP contribution in [0.25, 0.3) is 0 Å². The van der Waals surface area contributed by atoms with Crippen molar-refractivity contribution in [2.75, 3.05) is 5.43 Å². The number of anilines is 1. The highest BCUT2D eigenvalue weighted by atomic mass is 32.2. The van der Waals surface area contributed by atoms with Gasteiger partial charge in [0.15, 0.2) is 0 Å². The Labute approximate surface area is 121 Å². The minimum Gasteiger partial charge on any atom is -0.308 e. The Morgan fingerprint density at radius 3 is 2.55 bits per heavy atom. The van der Waals surface area contributed by atoms with Gasteiger partial charge in [-0.1, -0.05) is 0 Å². The smallest absolute Gasteiger partial charge is 0.242 e. The predicted octanol–water partition coefficient (Wildman–Crippen LogP) is 1.17. The number of aryl methyl sites for hydroxylation is 1. The Morgan fingerprint density at radius 1 is 1.30 bits per heavy atom. The molecular formula is C11H15N5O2S2. The zero-order valence-corrected chi connectivity index (χ0v) is 12.6. The van der Waals surface area contributed by atoms with E-state index in [-0.39, 0.29) is 4.90 Å². The second-order valence-corrected chi connectivity index (χ2v) is 7.16. The van der Waals surface area contributed by atoms with Crippen LogP contribution in [0.2, 0.25) is 0 Å². The van der Waals surface area contributed by atoms with Gasteiger partial charge in [-0.15, -0.1) is 11.3 Å². The predicted molar refractivity (Wildman–Crippen MR) is 77.6 cm³/mol. The standard InChI is InChI=1S/C11H15N5O2S2/c1-7-5-14-11(19-7)8(2)16-20(17,18)9-3-4-10(15-12)13-6-9/h3-6,8,16H,12H2,1-2H3,(H,13,15). The molecule has 108 valence electrons. The average Bonchev–Trinajstić information content (AvgIpc) is 2.85. The van der Waals surface area contributed by atoms with Gasteiger partial charge in [-0.2, -0.15) is 0 Å². The van der Waals surface area contributed by atoms with Crippen molar-refractivity contribution in [3.05, 3.63) is 34.4 Å². The zero-order valence-electron chi connectivity index (χ0n) is 11.0. The topological polar surface area (TPSA) is 110 Å². The van der Waals surface area contributed by atoms with Crippen LogP contribution in [0.3, 0.4) is 0 Å². The monoisotopic (exact) mass is 313 g/mol. The molecule has 2 heterocycles. The van der Waals surface area contributed by atoms with E-state index in [2.05, 4.69) is 20.1 Å². The molecule has 0 aliphatic carbocycles. The lowest BCUT2D eigenvalue weighted by atomic mass is 10.4. The fourth-order valence-corrected chi connectivity index (χ4v) is 3.55. The molecule has 0 saturated carbocycles. The maximum Gasteiger partial charge on any atom is 0.242 e. The molecule has 0 fully saturated rings. The Morgan fingerprint density at radius 2 is 2.05 bits per heavy atom. The highest BCUT2D eigenvalue weighted by Gasteiger charge is 2.20. The van der Waals surface area contributed by atoms with Crippen molar-refractivity contribution >= 4 is 27.2 Å². The molecule has 0 bridgehead atoms. The Kier molecular flexibility index (Phi) is 4.33. The maximum atomic E-state index is 12.2. The minimum absolute atomic E-state index is 0.0802. The van der Waals surface area contributed by atoms with Crippen LogP contribution >= 0.6 is 11.3 Å². The summed E-state index contributed by atoms with van der Waals surface area (Å²) in [5.74, 6) is 5.58. The van der Waals surface area contributed by atoms with Crippen LogP contribution in [0.15, 0.2) is 29.4 Å². The Hall–Kier alpha value is -1.55. The maximum absolute atomic E-state index is 12.2. The lowest BCUT2D eigenvalue weighted by Crippen LogP contribution is -2.27. The molecule has 0 saturated heterocycles. The van der Waals surface area contributed by atoms with Crippen LogP contribution in [0.1, 0.15) is 22.9 Å². The normalized spacial score (nSPS) is 13.2. The van der Waals surface area contributed by atoms with E-state index in [0.29, 0.717) is 5.82 Å². The van der Waals surface area contributed by atoms with Crippen LogP contribution in [0, 0.1) is 6.92 Å². The van der Waals surface area contributed by atoms with Gasteiger partial charge in [-0.05, 0) is 26.0 Å². The second-order valence-electron chi connectivity index (χ2n) is 4.18. The number of hydrazine groups is 1. The summed E-state index contributed by atoms with van der Waals surface area (Å²) >= 11 is 1.46. The third kappa shape index (κ3) is 3.31. The van der Waals surface area contributed by atoms with Crippen molar-refractivity contribution < 1.29 is 8.42 Å². The molecule has 1 atom stereocenters. The van der Waals surface area contributed by atoms with Crippen LogP contribution in [0.5, 0.6) is 0 Å². The molecule has 0 aliphatic rings. The van der Waals surface area contributed by atoms with Gasteiger partial charge in [-0.25, -0.2) is 29.0 Å². The third-order valence-electron chi connectivity index (χ3n) is 2.54. The van der Waals surface area contributed by atoms with Crippen molar-refractivity contribution in [3.63, 3.8) is 0 Å². The molecule has 2 rings (SSSR count). The van der Waals surface area contributed by atoms with Crippen molar-refractivity contribution in [2.45, 2.75) is 24.8 Å². The molecule has 0 aromatic carbocycles. The van der Waals surface area contributed by atoms with Crippen LogP contribution in [0.4, 0.5) is 5.82 Å². The number of nitrogen functional groups attached to an aromatic ring is 1. The molecular weight excluding hydrogens is 298 g/mol. The average molecular weight is 313 g/mol. The second kappa shape index (κ2) is 5.83. The van der Waals surface area contributed by atoms with E-state index in [9.17, 15) is 8.42 Å². The molecule has 0 radical (unpaired) electrons. The first-order chi connectivity index (χ1) is 9.42. The summed E-state index contributed by atoms with van der Waals surface area (Å²) < 4.78 is 27.0. The van der Waals surface area contributed by atoms with Crippen molar-refractivity contribution in [3.8, 4) is 0 Å². The van der Waals surface area contributed by atoms with E-state index in [0.717, 1.165) is 9.88 Å². The molecule has 20 heavy (non-hydrogen) atoms. The van der Waals surface area contributed by atoms with Gasteiger partial charge in [0.05, 0.1) is 6.04 Å². The van der Waals surface area contributed by atoms with Crippen molar-refractivity contribution in [2.24, 2.45) is 5.84 Å². The largest absolute Gasteiger partial charge is 0.308 e. The SMILES string of the molecule is Cc1cnc(C(C)NS(=O)(=O)c2ccc(NN)nc2)s1. The van der Waals surface area contributed by atoms with Gasteiger partial charge in [0.1, 0.15) is 15.7 Å². The fourth-order valence-electron chi connectivity index (χ4n) is 1.55. The van der Waals surface area contributed by atoms with Gasteiger partial charge in [0.2, 0.25) is 10.0 Å². The van der Waals surface area contributed by atoms with E-state index in [1.807, 2.05) is 6.92 Å². The molecule has 1 unspecified atom stereocenters. The minimum atomic E-state index is -3.64. The molecule has 9 heteroatoms. The zero-order chi connectivity index (χ0) is 14.8. The summed E-state index contributed by atoms with van der Waals surface area (Å²) in [4.78, 5) is 9.16. The first kappa shape index (κ1) is 14.9. The number of pyridine rings is 1. The number of hydrogen-bond acceptors (Lipinski definition) is 7. The Balaban J connectivity index is 2.17. The van der Waals surface area contributed by atoms with Crippen molar-refractivity contribution in [1.29, 1.82) is 0 Å². The summed E-state index contributed by atoms with van der Waals surface area (Å²) in [6.45, 7) is 3.67. The van der Waals surface area contributed by atoms with E-state index in [4.69, 9.17) is 5.84 Å². The molecule has 2 aromatic heterocycles. The summed E-state index contributed by atoms with van der Waals surface area (Å²) in [7, 11) is -3.64. The number of thiazole rings is 1. The summed E-state index contributed by atoms with van der Waals surface area (Å²) in [6.07, 6.45) is 2.96. The summed E-state index contributed by atoms with van der Waals surface area (Å²) in [5, 5.41) is 0.722. The van der Waals surface area contributed by atoms with Gasteiger partial charge in [0, 0.05) is 17.3 Å². The number of rotatable bonds is 5. The summed E-state index contributed by atoms with van der Waals surface area (Å²) in [5.41, 5.74) is 2.34. The number of sulfonamides is 1. The number of nitrogens with zero attached hydrogens (tertiary/aromatic N) is 2. The van der Waals surface area contributed by atoms with Crippen LogP contribution in [-0.2, 0) is 10.0 Å². The van der Waals surface area contributed by atoms with E-state index in [1.165, 1.54) is 29.7 Å². The number of aromatic nitrogens is 2. The first-order valence-corrected chi connectivity index (χ1v) is 8.09. The number of nitrogens with two attached hydrogens (primary N) is 1. The molecule has 7 nitrogen and oxygen atoms in total. The van der Waals surface area contributed by atoms with E-state index >= 15 is 0 Å². The van der Waals surface area contributed by atoms with Gasteiger partial charge < -0.3 is 5.43 Å². The lowest BCUT2D eigenvalue weighted by molar-refractivity contribution is 0.566. The highest BCUT2D eigenvalue weighted by molar-refractivity contribution is 7.89. The molecule has 0 spiro atoms.